The SMILES string of the molecule is Cc1cc2c(=O)[nH]c3c(F)c(Br)ccc3n2n1. The summed E-state index contributed by atoms with van der Waals surface area (Å²) in [4.78, 5) is 14.3. The number of benzene rings is 1. The van der Waals surface area contributed by atoms with E-state index in [2.05, 4.69) is 26.0 Å². The number of rotatable bonds is 0. The predicted octanol–water partition coefficient (Wildman–Crippen LogP) is 2.39. The van der Waals surface area contributed by atoms with E-state index in [9.17, 15) is 9.18 Å². The fraction of sp³-hybridized carbons (Fsp3) is 0.0909. The second-order valence-electron chi connectivity index (χ2n) is 3.79. The summed E-state index contributed by atoms with van der Waals surface area (Å²) in [6.45, 7) is 1.79. The number of fused-ring (bicyclic) bond motifs is 3. The van der Waals surface area contributed by atoms with Gasteiger partial charge in [0.2, 0.25) is 0 Å². The first kappa shape index (κ1) is 10.5. The first-order valence-electron chi connectivity index (χ1n) is 4.94. The van der Waals surface area contributed by atoms with E-state index in [1.807, 2.05) is 0 Å². The molecule has 0 spiro atoms. The lowest BCUT2D eigenvalue weighted by Gasteiger charge is -2.03. The third-order valence-corrected chi connectivity index (χ3v) is 3.22. The number of hydrogen-bond acceptors (Lipinski definition) is 2. The summed E-state index contributed by atoms with van der Waals surface area (Å²) in [6.07, 6.45) is 0. The Morgan fingerprint density at radius 2 is 2.18 bits per heavy atom. The van der Waals surface area contributed by atoms with Crippen molar-refractivity contribution in [2.45, 2.75) is 6.92 Å². The Hall–Kier alpha value is -1.69. The minimum atomic E-state index is -0.491. The van der Waals surface area contributed by atoms with Crippen molar-refractivity contribution in [2.24, 2.45) is 0 Å². The van der Waals surface area contributed by atoms with Crippen molar-refractivity contribution < 1.29 is 4.39 Å². The average molecular weight is 296 g/mol. The van der Waals surface area contributed by atoms with E-state index >= 15 is 0 Å². The number of nitrogens with zero attached hydrogens (tertiary/aromatic N) is 2. The van der Waals surface area contributed by atoms with E-state index in [-0.39, 0.29) is 11.1 Å². The summed E-state index contributed by atoms with van der Waals surface area (Å²) in [5.41, 5.74) is 1.46. The van der Waals surface area contributed by atoms with Gasteiger partial charge < -0.3 is 4.98 Å². The van der Waals surface area contributed by atoms with E-state index in [0.29, 0.717) is 21.2 Å². The van der Waals surface area contributed by atoms with Gasteiger partial charge in [-0.3, -0.25) is 4.79 Å². The van der Waals surface area contributed by atoms with Crippen LogP contribution >= 0.6 is 15.9 Å². The summed E-state index contributed by atoms with van der Waals surface area (Å²) in [7, 11) is 0. The number of aromatic amines is 1. The van der Waals surface area contributed by atoms with Gasteiger partial charge >= 0.3 is 0 Å². The second kappa shape index (κ2) is 3.40. The maximum absolute atomic E-state index is 13.9. The molecular formula is C11H7BrFN3O. The topological polar surface area (TPSA) is 50.2 Å². The number of aromatic nitrogens is 3. The maximum atomic E-state index is 13.9. The molecule has 6 heteroatoms. The Labute approximate surface area is 103 Å². The van der Waals surface area contributed by atoms with Crippen molar-refractivity contribution in [1.29, 1.82) is 0 Å². The van der Waals surface area contributed by atoms with Crippen LogP contribution in [-0.2, 0) is 0 Å². The molecule has 0 bridgehead atoms. The minimum absolute atomic E-state index is 0.153. The van der Waals surface area contributed by atoms with Crippen LogP contribution in [0.4, 0.5) is 4.39 Å². The molecule has 0 atom stereocenters. The molecule has 0 aliphatic rings. The van der Waals surface area contributed by atoms with Gasteiger partial charge in [-0.05, 0) is 41.1 Å². The Morgan fingerprint density at radius 3 is 2.94 bits per heavy atom. The molecule has 86 valence electrons. The highest BCUT2D eigenvalue weighted by molar-refractivity contribution is 9.10. The Kier molecular flexibility index (Phi) is 2.09. The lowest BCUT2D eigenvalue weighted by Crippen LogP contribution is -2.11. The fourth-order valence-electron chi connectivity index (χ4n) is 1.86. The van der Waals surface area contributed by atoms with Gasteiger partial charge in [-0.15, -0.1) is 0 Å². The molecule has 0 saturated heterocycles. The zero-order valence-corrected chi connectivity index (χ0v) is 10.4. The van der Waals surface area contributed by atoms with E-state index in [0.717, 1.165) is 0 Å². The molecule has 1 N–H and O–H groups in total. The van der Waals surface area contributed by atoms with Crippen LogP contribution in [0.25, 0.3) is 16.6 Å². The van der Waals surface area contributed by atoms with Gasteiger partial charge in [-0.2, -0.15) is 5.10 Å². The predicted molar refractivity (Wildman–Crippen MR) is 65.7 cm³/mol. The molecule has 0 saturated carbocycles. The van der Waals surface area contributed by atoms with Crippen LogP contribution < -0.4 is 5.56 Å². The van der Waals surface area contributed by atoms with Crippen molar-refractivity contribution in [3.63, 3.8) is 0 Å². The van der Waals surface area contributed by atoms with Crippen molar-refractivity contribution in [3.8, 4) is 0 Å². The smallest absolute Gasteiger partial charge is 0.274 e. The van der Waals surface area contributed by atoms with E-state index in [1.165, 1.54) is 4.52 Å². The van der Waals surface area contributed by atoms with Crippen molar-refractivity contribution in [3.05, 3.63) is 44.5 Å². The molecule has 0 fully saturated rings. The lowest BCUT2D eigenvalue weighted by atomic mass is 10.3. The molecule has 4 nitrogen and oxygen atoms in total. The highest BCUT2D eigenvalue weighted by Gasteiger charge is 2.12. The van der Waals surface area contributed by atoms with Crippen molar-refractivity contribution >= 4 is 32.5 Å². The number of nitrogens with one attached hydrogen (secondary N) is 1. The van der Waals surface area contributed by atoms with Gasteiger partial charge in [0.15, 0.2) is 5.82 Å². The quantitative estimate of drug-likeness (QED) is 0.692. The van der Waals surface area contributed by atoms with Gasteiger partial charge in [-0.25, -0.2) is 8.91 Å². The molecule has 2 heterocycles. The van der Waals surface area contributed by atoms with Crippen LogP contribution in [0.1, 0.15) is 5.69 Å². The van der Waals surface area contributed by atoms with Crippen LogP contribution in [0.3, 0.4) is 0 Å². The average Bonchev–Trinajstić information content (AvgIpc) is 2.67. The van der Waals surface area contributed by atoms with E-state index in [1.54, 1.807) is 25.1 Å². The molecule has 2 aromatic heterocycles. The van der Waals surface area contributed by atoms with Crippen LogP contribution in [0, 0.1) is 12.7 Å². The molecule has 0 aliphatic heterocycles. The first-order valence-corrected chi connectivity index (χ1v) is 5.73. The Balaban J connectivity index is 2.66. The highest BCUT2D eigenvalue weighted by atomic mass is 79.9. The summed E-state index contributed by atoms with van der Waals surface area (Å²) >= 11 is 3.08. The molecule has 0 radical (unpaired) electrons. The van der Waals surface area contributed by atoms with Crippen LogP contribution in [0.5, 0.6) is 0 Å². The van der Waals surface area contributed by atoms with Gasteiger partial charge in [0, 0.05) is 0 Å². The minimum Gasteiger partial charge on any atom is -0.316 e. The lowest BCUT2D eigenvalue weighted by molar-refractivity contribution is 0.629. The molecular weight excluding hydrogens is 289 g/mol. The summed E-state index contributed by atoms with van der Waals surface area (Å²) in [6, 6.07) is 4.96. The van der Waals surface area contributed by atoms with Crippen LogP contribution in [0.2, 0.25) is 0 Å². The monoisotopic (exact) mass is 295 g/mol. The summed E-state index contributed by atoms with van der Waals surface area (Å²) in [5, 5.41) is 4.19. The Bertz CT molecular complexity index is 806. The standard InChI is InChI=1S/C11H7BrFN3O/c1-5-4-8-11(17)14-10-7(16(8)15-5)3-2-6(12)9(10)13/h2-4H,1H3,(H,14,17). The van der Waals surface area contributed by atoms with Crippen molar-refractivity contribution in [2.75, 3.05) is 0 Å². The third kappa shape index (κ3) is 1.40. The number of halogens is 2. The molecule has 0 aliphatic carbocycles. The van der Waals surface area contributed by atoms with Crippen LogP contribution in [-0.4, -0.2) is 14.6 Å². The molecule has 0 unspecified atom stereocenters. The zero-order chi connectivity index (χ0) is 12.2. The maximum Gasteiger partial charge on any atom is 0.274 e. The third-order valence-electron chi connectivity index (χ3n) is 2.60. The fourth-order valence-corrected chi connectivity index (χ4v) is 2.19. The van der Waals surface area contributed by atoms with Gasteiger partial charge in [0.25, 0.3) is 5.56 Å². The van der Waals surface area contributed by atoms with E-state index < -0.39 is 5.82 Å². The first-order chi connectivity index (χ1) is 8.08. The summed E-state index contributed by atoms with van der Waals surface area (Å²) < 4.78 is 15.6. The summed E-state index contributed by atoms with van der Waals surface area (Å²) in [5.74, 6) is -0.491. The zero-order valence-electron chi connectivity index (χ0n) is 8.79. The molecule has 3 aromatic rings. The normalized spacial score (nSPS) is 11.5. The van der Waals surface area contributed by atoms with E-state index in [4.69, 9.17) is 0 Å². The molecule has 1 aromatic carbocycles. The molecule has 0 amide bonds. The molecule has 3 rings (SSSR count). The Morgan fingerprint density at radius 1 is 1.41 bits per heavy atom. The highest BCUT2D eigenvalue weighted by Crippen LogP contribution is 2.22. The van der Waals surface area contributed by atoms with Crippen molar-refractivity contribution in [1.82, 2.24) is 14.6 Å². The number of H-pyrrole nitrogens is 1. The number of hydrogen-bond donors (Lipinski definition) is 1. The number of aryl methyl sites for hydroxylation is 1. The second-order valence-corrected chi connectivity index (χ2v) is 4.65. The van der Waals surface area contributed by atoms with Crippen LogP contribution in [0.15, 0.2) is 27.5 Å². The molecule has 17 heavy (non-hydrogen) atoms. The largest absolute Gasteiger partial charge is 0.316 e. The van der Waals surface area contributed by atoms with Gasteiger partial charge in [0.1, 0.15) is 11.0 Å². The van der Waals surface area contributed by atoms with Gasteiger partial charge in [-0.1, -0.05) is 0 Å². The van der Waals surface area contributed by atoms with Gasteiger partial charge in [0.05, 0.1) is 15.7 Å².